The summed E-state index contributed by atoms with van der Waals surface area (Å²) in [6, 6.07) is 5.93. The lowest BCUT2D eigenvalue weighted by atomic mass is 9.98. The quantitative estimate of drug-likeness (QED) is 0.613. The third kappa shape index (κ3) is 3.89. The van der Waals surface area contributed by atoms with Crippen LogP contribution in [0.3, 0.4) is 0 Å². The van der Waals surface area contributed by atoms with Gasteiger partial charge in [0, 0.05) is 30.0 Å². The molecule has 0 radical (unpaired) electrons. The minimum atomic E-state index is -0.497. The number of nitrogens with one attached hydrogen (secondary N) is 2. The summed E-state index contributed by atoms with van der Waals surface area (Å²) in [5.74, 6) is 1.56. The smallest absolute Gasteiger partial charge is 0.410 e. The van der Waals surface area contributed by atoms with Crippen molar-refractivity contribution in [3.05, 3.63) is 28.6 Å². The van der Waals surface area contributed by atoms with Crippen LogP contribution in [0, 0.1) is 0 Å². The number of H-pyrrole nitrogens is 2. The van der Waals surface area contributed by atoms with Crippen molar-refractivity contribution in [2.75, 3.05) is 13.1 Å². The number of nitrogens with zero attached hydrogens (tertiary/aromatic N) is 4. The second kappa shape index (κ2) is 7.20. The predicted octanol–water partition coefficient (Wildman–Crippen LogP) is 4.23. The minimum Gasteiger partial charge on any atom is -0.444 e. The lowest BCUT2D eigenvalue weighted by Gasteiger charge is -2.33. The van der Waals surface area contributed by atoms with Gasteiger partial charge in [-0.3, -0.25) is 10.2 Å². The average Bonchev–Trinajstić information content (AvgIpc) is 3.28. The second-order valence-electron chi connectivity index (χ2n) is 8.08. The van der Waals surface area contributed by atoms with Crippen molar-refractivity contribution >= 4 is 32.9 Å². The number of fused-ring (bicyclic) bond motifs is 1. The lowest BCUT2D eigenvalue weighted by Crippen LogP contribution is -2.42. The summed E-state index contributed by atoms with van der Waals surface area (Å²) >= 11 is 3.44. The number of rotatable bonds is 2. The van der Waals surface area contributed by atoms with E-state index in [4.69, 9.17) is 9.72 Å². The van der Waals surface area contributed by atoms with Gasteiger partial charge in [-0.25, -0.2) is 9.78 Å². The van der Waals surface area contributed by atoms with E-state index in [0.29, 0.717) is 18.9 Å². The van der Waals surface area contributed by atoms with Gasteiger partial charge in [-0.05, 0) is 67.7 Å². The molecular formula is C19H23BrN6O2. The van der Waals surface area contributed by atoms with Gasteiger partial charge in [-0.1, -0.05) is 0 Å². The maximum absolute atomic E-state index is 12.4. The van der Waals surface area contributed by atoms with Gasteiger partial charge >= 0.3 is 6.09 Å². The van der Waals surface area contributed by atoms with E-state index in [2.05, 4.69) is 36.3 Å². The standard InChI is InChI=1S/C19H23BrN6O2/c1-19(2,3)28-18(27)26-8-4-5-12(10-26)17-21-16(24-25-17)11-6-7-14-13(9-11)15(20)23-22-14/h6-7,9,12H,4-5,8,10H2,1-3H3,(H,22,23)(H,21,24,25)/t12-/m1/s1. The molecule has 4 rings (SSSR count). The van der Waals surface area contributed by atoms with Gasteiger partial charge < -0.3 is 9.64 Å². The molecule has 1 aliphatic heterocycles. The summed E-state index contributed by atoms with van der Waals surface area (Å²) in [5.41, 5.74) is 1.37. The average molecular weight is 447 g/mol. The highest BCUT2D eigenvalue weighted by Crippen LogP contribution is 2.29. The van der Waals surface area contributed by atoms with E-state index in [0.717, 1.165) is 39.7 Å². The number of ether oxygens (including phenoxy) is 1. The van der Waals surface area contributed by atoms with Crippen molar-refractivity contribution in [3.8, 4) is 11.4 Å². The van der Waals surface area contributed by atoms with Gasteiger partial charge in [-0.2, -0.15) is 10.2 Å². The first-order chi connectivity index (χ1) is 13.3. The highest BCUT2D eigenvalue weighted by molar-refractivity contribution is 9.10. The van der Waals surface area contributed by atoms with E-state index in [1.54, 1.807) is 4.90 Å². The maximum Gasteiger partial charge on any atom is 0.410 e. The van der Waals surface area contributed by atoms with Crippen molar-refractivity contribution in [1.82, 2.24) is 30.3 Å². The molecule has 28 heavy (non-hydrogen) atoms. The van der Waals surface area contributed by atoms with Crippen LogP contribution >= 0.6 is 15.9 Å². The molecule has 1 aromatic carbocycles. The molecule has 0 unspecified atom stereocenters. The third-order valence-electron chi connectivity index (χ3n) is 4.74. The van der Waals surface area contributed by atoms with Crippen LogP contribution in [0.5, 0.6) is 0 Å². The van der Waals surface area contributed by atoms with Crippen LogP contribution in [0.2, 0.25) is 0 Å². The molecule has 0 aliphatic carbocycles. The Hall–Kier alpha value is -2.42. The summed E-state index contributed by atoms with van der Waals surface area (Å²) < 4.78 is 6.27. The zero-order valence-corrected chi connectivity index (χ0v) is 17.7. The monoisotopic (exact) mass is 446 g/mol. The number of carbonyl (C=O) groups excluding carboxylic acids is 1. The van der Waals surface area contributed by atoms with E-state index < -0.39 is 5.60 Å². The zero-order chi connectivity index (χ0) is 19.9. The van der Waals surface area contributed by atoms with Crippen molar-refractivity contribution in [2.24, 2.45) is 0 Å². The molecule has 0 saturated carbocycles. The Morgan fingerprint density at radius 1 is 1.29 bits per heavy atom. The Kier molecular flexibility index (Phi) is 4.86. The summed E-state index contributed by atoms with van der Waals surface area (Å²) in [6.07, 6.45) is 1.60. The Bertz CT molecular complexity index is 1010. The number of carbonyl (C=O) groups is 1. The summed E-state index contributed by atoms with van der Waals surface area (Å²) in [7, 11) is 0. The molecule has 2 aromatic heterocycles. The molecular weight excluding hydrogens is 424 g/mol. The normalized spacial score (nSPS) is 17.9. The van der Waals surface area contributed by atoms with E-state index in [1.165, 1.54) is 0 Å². The Morgan fingerprint density at radius 3 is 2.89 bits per heavy atom. The zero-order valence-electron chi connectivity index (χ0n) is 16.1. The van der Waals surface area contributed by atoms with Gasteiger partial charge in [-0.15, -0.1) is 0 Å². The van der Waals surface area contributed by atoms with Crippen LogP contribution in [0.25, 0.3) is 22.3 Å². The SMILES string of the molecule is CC(C)(C)OC(=O)N1CCC[C@@H](c2nc(-c3ccc4[nH]nc(Br)c4c3)n[nH]2)C1. The summed E-state index contributed by atoms with van der Waals surface area (Å²) in [6.45, 7) is 6.92. The van der Waals surface area contributed by atoms with Crippen LogP contribution in [0.15, 0.2) is 22.8 Å². The number of amides is 1. The van der Waals surface area contributed by atoms with E-state index in [9.17, 15) is 4.79 Å². The number of piperidine rings is 1. The molecule has 1 amide bonds. The molecule has 0 bridgehead atoms. The fourth-order valence-electron chi connectivity index (χ4n) is 3.40. The van der Waals surface area contributed by atoms with Crippen molar-refractivity contribution in [1.29, 1.82) is 0 Å². The molecule has 1 aliphatic rings. The molecule has 1 fully saturated rings. The number of benzene rings is 1. The number of hydrogen-bond donors (Lipinski definition) is 2. The molecule has 0 spiro atoms. The highest BCUT2D eigenvalue weighted by Gasteiger charge is 2.30. The van der Waals surface area contributed by atoms with Gasteiger partial charge in [0.05, 0.1) is 5.52 Å². The Balaban J connectivity index is 1.51. The van der Waals surface area contributed by atoms with Crippen molar-refractivity contribution in [2.45, 2.75) is 45.1 Å². The first-order valence-electron chi connectivity index (χ1n) is 9.34. The molecule has 9 heteroatoms. The number of aromatic amines is 2. The van der Waals surface area contributed by atoms with Gasteiger partial charge in [0.15, 0.2) is 5.82 Å². The minimum absolute atomic E-state index is 0.118. The third-order valence-corrected chi connectivity index (χ3v) is 5.34. The molecule has 8 nitrogen and oxygen atoms in total. The Labute approximate surface area is 171 Å². The Morgan fingerprint density at radius 2 is 2.11 bits per heavy atom. The number of likely N-dealkylation sites (tertiary alicyclic amines) is 1. The number of hydrogen-bond acceptors (Lipinski definition) is 5. The molecule has 3 heterocycles. The topological polar surface area (TPSA) is 99.8 Å². The molecule has 148 valence electrons. The van der Waals surface area contributed by atoms with Crippen molar-refractivity contribution < 1.29 is 9.53 Å². The first kappa shape index (κ1) is 18.9. The largest absolute Gasteiger partial charge is 0.444 e. The molecule has 1 saturated heterocycles. The molecule has 2 N–H and O–H groups in total. The maximum atomic E-state index is 12.4. The van der Waals surface area contributed by atoms with E-state index >= 15 is 0 Å². The van der Waals surface area contributed by atoms with Gasteiger partial charge in [0.1, 0.15) is 16.0 Å². The first-order valence-corrected chi connectivity index (χ1v) is 10.1. The van der Waals surface area contributed by atoms with Crippen molar-refractivity contribution in [3.63, 3.8) is 0 Å². The van der Waals surface area contributed by atoms with Crippen LogP contribution < -0.4 is 0 Å². The van der Waals surface area contributed by atoms with Gasteiger partial charge in [0.25, 0.3) is 0 Å². The number of halogens is 1. The predicted molar refractivity (Wildman–Crippen MR) is 109 cm³/mol. The van der Waals surface area contributed by atoms with Crippen LogP contribution in [0.1, 0.15) is 45.4 Å². The van der Waals surface area contributed by atoms with E-state index in [-0.39, 0.29) is 12.0 Å². The van der Waals surface area contributed by atoms with Crippen LogP contribution in [0.4, 0.5) is 4.79 Å². The van der Waals surface area contributed by atoms with E-state index in [1.807, 2.05) is 39.0 Å². The summed E-state index contributed by atoms with van der Waals surface area (Å²) in [4.78, 5) is 18.9. The highest BCUT2D eigenvalue weighted by atomic mass is 79.9. The second-order valence-corrected chi connectivity index (χ2v) is 8.84. The van der Waals surface area contributed by atoms with Gasteiger partial charge in [0.2, 0.25) is 0 Å². The van der Waals surface area contributed by atoms with Crippen LogP contribution in [-0.4, -0.2) is 55.1 Å². The van der Waals surface area contributed by atoms with Crippen LogP contribution in [-0.2, 0) is 4.74 Å². The fourth-order valence-corrected chi connectivity index (χ4v) is 3.82. The number of aromatic nitrogens is 5. The lowest BCUT2D eigenvalue weighted by molar-refractivity contribution is 0.0196. The fraction of sp³-hybridized carbons (Fsp3) is 0.474. The summed E-state index contributed by atoms with van der Waals surface area (Å²) in [5, 5.41) is 15.6. The molecule has 1 atom stereocenters. The molecule has 3 aromatic rings.